The number of halogens is 2. The van der Waals surface area contributed by atoms with Gasteiger partial charge < -0.3 is 28.4 Å². The van der Waals surface area contributed by atoms with Crippen LogP contribution in [0.4, 0.5) is 0 Å². The van der Waals surface area contributed by atoms with Gasteiger partial charge in [-0.2, -0.15) is 0 Å². The van der Waals surface area contributed by atoms with Crippen LogP contribution in [0.15, 0.2) is 80.1 Å². The summed E-state index contributed by atoms with van der Waals surface area (Å²) in [4.78, 5) is 44.4. The number of esters is 2. The molecular formula is C36H34BrClN2O9S. The minimum atomic E-state index is -0.900. The molecule has 0 N–H and O–H groups in total. The van der Waals surface area contributed by atoms with Crippen molar-refractivity contribution >= 4 is 56.9 Å². The maximum atomic E-state index is 14.2. The van der Waals surface area contributed by atoms with Crippen molar-refractivity contribution in [3.63, 3.8) is 0 Å². The van der Waals surface area contributed by atoms with Crippen LogP contribution >= 0.6 is 38.9 Å². The first-order valence-electron chi connectivity index (χ1n) is 15.5. The quantitative estimate of drug-likeness (QED) is 0.156. The first-order chi connectivity index (χ1) is 24.1. The van der Waals surface area contributed by atoms with Crippen LogP contribution < -0.4 is 33.8 Å². The van der Waals surface area contributed by atoms with E-state index in [2.05, 4.69) is 25.7 Å². The van der Waals surface area contributed by atoms with Gasteiger partial charge in [0.15, 0.2) is 34.4 Å². The fourth-order valence-electron chi connectivity index (χ4n) is 5.26. The van der Waals surface area contributed by atoms with Crippen LogP contribution in [0.5, 0.6) is 23.0 Å². The van der Waals surface area contributed by atoms with Crippen molar-refractivity contribution in [1.82, 2.24) is 4.57 Å². The molecule has 4 aromatic rings. The number of carbonyl (C=O) groups is 2. The molecule has 1 aliphatic heterocycles. The van der Waals surface area contributed by atoms with E-state index in [9.17, 15) is 14.4 Å². The number of methoxy groups -OCH3 is 2. The Labute approximate surface area is 305 Å². The lowest BCUT2D eigenvalue weighted by atomic mass is 9.95. The molecule has 0 saturated heterocycles. The molecule has 0 bridgehead atoms. The molecule has 1 atom stereocenters. The molecule has 50 heavy (non-hydrogen) atoms. The minimum absolute atomic E-state index is 0.131. The topological polar surface area (TPSA) is 124 Å². The Morgan fingerprint density at radius 2 is 1.78 bits per heavy atom. The second-order valence-corrected chi connectivity index (χ2v) is 13.0. The van der Waals surface area contributed by atoms with Crippen molar-refractivity contribution in [2.75, 3.05) is 34.0 Å². The number of hydrogen-bond donors (Lipinski definition) is 0. The van der Waals surface area contributed by atoms with Crippen LogP contribution in [-0.4, -0.2) is 50.5 Å². The number of benzene rings is 3. The van der Waals surface area contributed by atoms with Crippen LogP contribution in [0.25, 0.3) is 6.08 Å². The van der Waals surface area contributed by atoms with E-state index in [-0.39, 0.29) is 31.0 Å². The highest BCUT2D eigenvalue weighted by atomic mass is 79.9. The average molecular weight is 786 g/mol. The first kappa shape index (κ1) is 36.7. The Kier molecular flexibility index (Phi) is 12.0. The number of hydrogen-bond acceptors (Lipinski definition) is 11. The summed E-state index contributed by atoms with van der Waals surface area (Å²) in [7, 11) is 2.80. The summed E-state index contributed by atoms with van der Waals surface area (Å²) in [5, 5.41) is 0.589. The van der Waals surface area contributed by atoms with Crippen molar-refractivity contribution in [2.24, 2.45) is 4.99 Å². The van der Waals surface area contributed by atoms with Crippen LogP contribution in [0, 0.1) is 0 Å². The maximum Gasteiger partial charge on any atom is 0.343 e. The van der Waals surface area contributed by atoms with Gasteiger partial charge in [-0.15, -0.1) is 0 Å². The van der Waals surface area contributed by atoms with Gasteiger partial charge in [0.1, 0.15) is 6.61 Å². The zero-order chi connectivity index (χ0) is 35.9. The molecule has 14 heteroatoms. The van der Waals surface area contributed by atoms with E-state index in [1.807, 2.05) is 24.3 Å². The third kappa shape index (κ3) is 7.90. The fourth-order valence-corrected chi connectivity index (χ4v) is 7.08. The molecule has 2 heterocycles. The highest BCUT2D eigenvalue weighted by Gasteiger charge is 2.34. The predicted octanol–water partition coefficient (Wildman–Crippen LogP) is 5.75. The highest BCUT2D eigenvalue weighted by Crippen LogP contribution is 2.39. The second-order valence-electron chi connectivity index (χ2n) is 10.7. The van der Waals surface area contributed by atoms with Gasteiger partial charge in [-0.25, -0.2) is 14.6 Å². The van der Waals surface area contributed by atoms with Crippen molar-refractivity contribution in [2.45, 2.75) is 33.4 Å². The van der Waals surface area contributed by atoms with Crippen LogP contribution in [-0.2, 0) is 25.7 Å². The Bertz CT molecular complexity index is 2140. The lowest BCUT2D eigenvalue weighted by molar-refractivity contribution is -0.143. The van der Waals surface area contributed by atoms with Crippen LogP contribution in [0.2, 0.25) is 5.02 Å². The standard InChI is InChI=1S/C36H34BrClN2O9S/c1-6-46-27-17-22(12-13-26(27)48-19-30(41)45-5)32-31(35(43)47-7-2)20(3)39-36-40(32)34(42)29(50-36)16-21-14-24(37)33(28(15-21)44-4)49-18-23-10-8-9-11-25(23)38/h8-17,32H,6-7,18-19H2,1-5H3/b29-16+/t32-/m0/s1. The largest absolute Gasteiger partial charge is 0.493 e. The summed E-state index contributed by atoms with van der Waals surface area (Å²) in [6.45, 7) is 5.54. The Balaban J connectivity index is 1.59. The third-order valence-electron chi connectivity index (χ3n) is 7.55. The molecule has 0 fully saturated rings. The zero-order valence-electron chi connectivity index (χ0n) is 27.9. The molecule has 262 valence electrons. The van der Waals surface area contributed by atoms with E-state index in [1.54, 1.807) is 57.2 Å². The van der Waals surface area contributed by atoms with E-state index in [0.29, 0.717) is 65.3 Å². The second kappa shape index (κ2) is 16.4. The van der Waals surface area contributed by atoms with E-state index in [1.165, 1.54) is 30.1 Å². The molecule has 5 rings (SSSR count). The van der Waals surface area contributed by atoms with Crippen molar-refractivity contribution in [3.05, 3.63) is 112 Å². The van der Waals surface area contributed by atoms with E-state index < -0.39 is 18.0 Å². The summed E-state index contributed by atoms with van der Waals surface area (Å²) in [5.41, 5.74) is 2.28. The minimum Gasteiger partial charge on any atom is -0.493 e. The molecule has 0 unspecified atom stereocenters. The number of carbonyl (C=O) groups excluding carboxylic acids is 2. The van der Waals surface area contributed by atoms with Gasteiger partial charge in [0.2, 0.25) is 0 Å². The molecule has 1 aromatic heterocycles. The molecule has 0 aliphatic carbocycles. The highest BCUT2D eigenvalue weighted by molar-refractivity contribution is 9.10. The number of rotatable bonds is 13. The van der Waals surface area contributed by atoms with Crippen molar-refractivity contribution in [3.8, 4) is 23.0 Å². The third-order valence-corrected chi connectivity index (χ3v) is 9.49. The zero-order valence-corrected chi connectivity index (χ0v) is 31.1. The molecular weight excluding hydrogens is 752 g/mol. The number of ether oxygens (including phenoxy) is 6. The lowest BCUT2D eigenvalue weighted by Crippen LogP contribution is -2.40. The number of nitrogens with zero attached hydrogens (tertiary/aromatic N) is 2. The number of fused-ring (bicyclic) bond motifs is 1. The number of aromatic nitrogens is 1. The number of thiazole rings is 1. The smallest absolute Gasteiger partial charge is 0.343 e. The first-order valence-corrected chi connectivity index (χ1v) is 17.5. The molecule has 11 nitrogen and oxygen atoms in total. The lowest BCUT2D eigenvalue weighted by Gasteiger charge is -2.25. The number of allylic oxidation sites excluding steroid dienone is 1. The van der Waals surface area contributed by atoms with Crippen molar-refractivity contribution < 1.29 is 38.0 Å². The van der Waals surface area contributed by atoms with E-state index >= 15 is 0 Å². The Hall–Kier alpha value is -4.59. The molecule has 0 spiro atoms. The van der Waals surface area contributed by atoms with Crippen molar-refractivity contribution in [1.29, 1.82) is 0 Å². The fraction of sp³-hybridized carbons (Fsp3) is 0.278. The molecule has 0 saturated carbocycles. The van der Waals surface area contributed by atoms with Gasteiger partial charge in [-0.05, 0) is 84.2 Å². The van der Waals surface area contributed by atoms with Crippen LogP contribution in [0.3, 0.4) is 0 Å². The molecule has 1 aliphatic rings. The predicted molar refractivity (Wildman–Crippen MR) is 192 cm³/mol. The molecule has 0 radical (unpaired) electrons. The van der Waals surface area contributed by atoms with Gasteiger partial charge in [-0.1, -0.05) is 47.2 Å². The van der Waals surface area contributed by atoms with Gasteiger partial charge >= 0.3 is 11.9 Å². The monoisotopic (exact) mass is 784 g/mol. The van der Waals surface area contributed by atoms with E-state index in [4.69, 9.17) is 35.3 Å². The molecule has 0 amide bonds. The van der Waals surface area contributed by atoms with E-state index in [0.717, 1.165) is 5.56 Å². The normalized spacial score (nSPS) is 14.1. The summed E-state index contributed by atoms with van der Waals surface area (Å²) in [6, 6.07) is 15.1. The van der Waals surface area contributed by atoms with Gasteiger partial charge in [0.05, 0.1) is 53.8 Å². The van der Waals surface area contributed by atoms with Gasteiger partial charge in [0.25, 0.3) is 5.56 Å². The van der Waals surface area contributed by atoms with Gasteiger partial charge in [0, 0.05) is 10.6 Å². The summed E-state index contributed by atoms with van der Waals surface area (Å²) in [5.74, 6) is 0.383. The maximum absolute atomic E-state index is 14.2. The summed E-state index contributed by atoms with van der Waals surface area (Å²) >= 11 is 11.1. The summed E-state index contributed by atoms with van der Waals surface area (Å²) < 4.78 is 35.8. The Morgan fingerprint density at radius 1 is 1.00 bits per heavy atom. The average Bonchev–Trinajstić information content (AvgIpc) is 3.40. The Morgan fingerprint density at radius 3 is 2.48 bits per heavy atom. The SMILES string of the molecule is CCOC(=O)C1=C(C)N=c2s/c(=C/c3cc(Br)c(OCc4ccccc4Cl)c(OC)c3)c(=O)n2[C@H]1c1ccc(OCC(=O)OC)c(OCC)c1. The van der Waals surface area contributed by atoms with Gasteiger partial charge in [-0.3, -0.25) is 9.36 Å². The molecule has 3 aromatic carbocycles. The van der Waals surface area contributed by atoms with Crippen LogP contribution in [0.1, 0.15) is 43.5 Å². The summed E-state index contributed by atoms with van der Waals surface area (Å²) in [6.07, 6.45) is 1.73.